The Labute approximate surface area is 74.8 Å². The van der Waals surface area contributed by atoms with Crippen molar-refractivity contribution in [3.05, 3.63) is 35.4 Å². The Bertz CT molecular complexity index is 283. The van der Waals surface area contributed by atoms with E-state index in [1.165, 1.54) is 0 Å². The number of ether oxygens (including phenoxy) is 1. The minimum atomic E-state index is -0.199. The smallest absolute Gasteiger partial charge is 0.338 e. The Kier molecular flexibility index (Phi) is 2.31. The molecule has 1 aromatic rings. The van der Waals surface area contributed by atoms with Crippen molar-refractivity contribution in [2.45, 2.75) is 6.61 Å². The van der Waals surface area contributed by atoms with Crippen LogP contribution < -0.4 is 0 Å². The van der Waals surface area contributed by atoms with Gasteiger partial charge in [-0.15, -0.1) is 0 Å². The fourth-order valence-corrected chi connectivity index (χ4v) is 1.07. The van der Waals surface area contributed by atoms with Gasteiger partial charge in [-0.05, 0) is 6.07 Å². The van der Waals surface area contributed by atoms with Crippen LogP contribution in [0, 0.1) is 0 Å². The van der Waals surface area contributed by atoms with Crippen LogP contribution in [0.2, 0.25) is 0 Å². The Morgan fingerprint density at radius 2 is 2.00 bits per heavy atom. The third kappa shape index (κ3) is 1.29. The van der Waals surface area contributed by atoms with Gasteiger partial charge in [0.1, 0.15) is 6.61 Å². The van der Waals surface area contributed by atoms with Gasteiger partial charge in [-0.2, -0.15) is 0 Å². The first-order valence-electron chi connectivity index (χ1n) is 3.13. The quantitative estimate of drug-likeness (QED) is 0.581. The second kappa shape index (κ2) is 3.07. The molecule has 0 fully saturated rings. The van der Waals surface area contributed by atoms with Crippen molar-refractivity contribution in [2.24, 2.45) is 0 Å². The van der Waals surface area contributed by atoms with E-state index in [9.17, 15) is 4.79 Å². The SMILES string of the molecule is O=C1OCc2ccccc21.[Co]. The molecule has 0 spiro atoms. The van der Waals surface area contributed by atoms with E-state index in [0.717, 1.165) is 5.56 Å². The number of cyclic esters (lactones) is 1. The third-order valence-electron chi connectivity index (χ3n) is 1.60. The van der Waals surface area contributed by atoms with Crippen molar-refractivity contribution in [2.75, 3.05) is 0 Å². The number of fused-ring (bicyclic) bond motifs is 1. The van der Waals surface area contributed by atoms with Crippen molar-refractivity contribution < 1.29 is 26.3 Å². The molecule has 11 heavy (non-hydrogen) atoms. The molecule has 0 aliphatic carbocycles. The monoisotopic (exact) mass is 193 g/mol. The number of carbonyl (C=O) groups is 1. The molecule has 0 unspecified atom stereocenters. The molecular formula is C8H6CoO2. The van der Waals surface area contributed by atoms with Gasteiger partial charge in [-0.3, -0.25) is 0 Å². The van der Waals surface area contributed by atoms with E-state index < -0.39 is 0 Å². The van der Waals surface area contributed by atoms with Crippen molar-refractivity contribution in [3.8, 4) is 0 Å². The molecule has 1 heterocycles. The predicted octanol–water partition coefficient (Wildman–Crippen LogP) is 1.35. The van der Waals surface area contributed by atoms with E-state index in [1.807, 2.05) is 18.2 Å². The summed E-state index contributed by atoms with van der Waals surface area (Å²) in [6.45, 7) is 0.439. The summed E-state index contributed by atoms with van der Waals surface area (Å²) < 4.78 is 4.78. The molecule has 0 amide bonds. The normalized spacial score (nSPS) is 13.3. The number of hydrogen-bond donors (Lipinski definition) is 0. The molecular weight excluding hydrogens is 187 g/mol. The largest absolute Gasteiger partial charge is 0.457 e. The van der Waals surface area contributed by atoms with E-state index in [4.69, 9.17) is 4.74 Å². The molecule has 0 saturated carbocycles. The van der Waals surface area contributed by atoms with Crippen LogP contribution >= 0.6 is 0 Å². The standard InChI is InChI=1S/C8H6O2.Co/c9-8-7-4-2-1-3-6(7)5-10-8;/h1-4H,5H2;. The first-order chi connectivity index (χ1) is 4.88. The summed E-state index contributed by atoms with van der Waals surface area (Å²) in [6, 6.07) is 7.43. The van der Waals surface area contributed by atoms with Crippen molar-refractivity contribution in [1.82, 2.24) is 0 Å². The molecule has 2 nitrogen and oxygen atoms in total. The van der Waals surface area contributed by atoms with Crippen molar-refractivity contribution in [1.29, 1.82) is 0 Å². The molecule has 1 aromatic carbocycles. The van der Waals surface area contributed by atoms with Gasteiger partial charge < -0.3 is 4.74 Å². The Morgan fingerprint density at radius 1 is 1.27 bits per heavy atom. The predicted molar refractivity (Wildman–Crippen MR) is 35.6 cm³/mol. The van der Waals surface area contributed by atoms with Crippen LogP contribution in [0.4, 0.5) is 0 Å². The second-order valence-electron chi connectivity index (χ2n) is 2.23. The van der Waals surface area contributed by atoms with Crippen LogP contribution in [0.25, 0.3) is 0 Å². The zero-order valence-electron chi connectivity index (χ0n) is 5.67. The second-order valence-corrected chi connectivity index (χ2v) is 2.23. The fraction of sp³-hybridized carbons (Fsp3) is 0.125. The van der Waals surface area contributed by atoms with Crippen LogP contribution in [0.1, 0.15) is 15.9 Å². The van der Waals surface area contributed by atoms with Gasteiger partial charge in [0, 0.05) is 22.3 Å². The van der Waals surface area contributed by atoms with E-state index in [0.29, 0.717) is 12.2 Å². The molecule has 0 N–H and O–H groups in total. The minimum Gasteiger partial charge on any atom is -0.457 e. The van der Waals surface area contributed by atoms with Gasteiger partial charge >= 0.3 is 5.97 Å². The summed E-state index contributed by atoms with van der Waals surface area (Å²) in [4.78, 5) is 10.8. The average molecular weight is 193 g/mol. The molecule has 3 heteroatoms. The van der Waals surface area contributed by atoms with E-state index in [1.54, 1.807) is 6.07 Å². The number of hydrogen-bond acceptors (Lipinski definition) is 2. The number of esters is 1. The van der Waals surface area contributed by atoms with Crippen LogP contribution in [0.5, 0.6) is 0 Å². The third-order valence-corrected chi connectivity index (χ3v) is 1.60. The molecule has 0 aromatic heterocycles. The van der Waals surface area contributed by atoms with E-state index >= 15 is 0 Å². The van der Waals surface area contributed by atoms with Crippen LogP contribution in [0.15, 0.2) is 24.3 Å². The van der Waals surface area contributed by atoms with Crippen molar-refractivity contribution >= 4 is 5.97 Å². The van der Waals surface area contributed by atoms with Gasteiger partial charge in [-0.1, -0.05) is 18.2 Å². The Hall–Kier alpha value is -0.804. The molecule has 1 aliphatic heterocycles. The molecule has 1 radical (unpaired) electrons. The van der Waals surface area contributed by atoms with Crippen LogP contribution in [-0.2, 0) is 28.1 Å². The van der Waals surface area contributed by atoms with E-state index in [2.05, 4.69) is 0 Å². The van der Waals surface area contributed by atoms with Gasteiger partial charge in [0.15, 0.2) is 0 Å². The molecule has 0 atom stereocenters. The van der Waals surface area contributed by atoms with Gasteiger partial charge in [-0.25, -0.2) is 4.79 Å². The maximum absolute atomic E-state index is 10.8. The van der Waals surface area contributed by atoms with Gasteiger partial charge in [0.2, 0.25) is 0 Å². The molecule has 59 valence electrons. The van der Waals surface area contributed by atoms with Crippen molar-refractivity contribution in [3.63, 3.8) is 0 Å². The summed E-state index contributed by atoms with van der Waals surface area (Å²) >= 11 is 0. The zero-order valence-corrected chi connectivity index (χ0v) is 6.71. The summed E-state index contributed by atoms with van der Waals surface area (Å²) in [6.07, 6.45) is 0. The van der Waals surface area contributed by atoms with Gasteiger partial charge in [0.05, 0.1) is 5.56 Å². The average Bonchev–Trinajstić information content (AvgIpc) is 2.34. The first kappa shape index (κ1) is 8.29. The van der Waals surface area contributed by atoms with Crippen LogP contribution in [-0.4, -0.2) is 5.97 Å². The topological polar surface area (TPSA) is 26.3 Å². The Morgan fingerprint density at radius 3 is 2.73 bits per heavy atom. The number of rotatable bonds is 0. The minimum absolute atomic E-state index is 0. The zero-order chi connectivity index (χ0) is 6.97. The summed E-state index contributed by atoms with van der Waals surface area (Å²) in [7, 11) is 0. The summed E-state index contributed by atoms with van der Waals surface area (Å²) in [5, 5.41) is 0. The van der Waals surface area contributed by atoms with Gasteiger partial charge in [0.25, 0.3) is 0 Å². The maximum atomic E-state index is 10.8. The molecule has 1 aliphatic rings. The van der Waals surface area contributed by atoms with Crippen LogP contribution in [0.3, 0.4) is 0 Å². The molecule has 0 bridgehead atoms. The molecule has 0 saturated heterocycles. The maximum Gasteiger partial charge on any atom is 0.338 e. The summed E-state index contributed by atoms with van der Waals surface area (Å²) in [5.41, 5.74) is 1.70. The Balaban J connectivity index is 0.000000605. The molecule has 2 rings (SSSR count). The fourth-order valence-electron chi connectivity index (χ4n) is 1.07. The number of carbonyl (C=O) groups excluding carboxylic acids is 1. The summed E-state index contributed by atoms with van der Waals surface area (Å²) in [5.74, 6) is -0.199. The number of benzene rings is 1. The first-order valence-corrected chi connectivity index (χ1v) is 3.13. The van der Waals surface area contributed by atoms with E-state index in [-0.39, 0.29) is 22.7 Å².